The number of hydrogen-bond donors (Lipinski definition) is 2. The fourth-order valence-corrected chi connectivity index (χ4v) is 4.07. The smallest absolute Gasteiger partial charge is 0.118 e. The van der Waals surface area contributed by atoms with Crippen LogP contribution in [0.4, 0.5) is 0 Å². The molecule has 4 atom stereocenters. The van der Waals surface area contributed by atoms with E-state index in [1.807, 2.05) is 0 Å². The molecule has 18 heavy (non-hydrogen) atoms. The van der Waals surface area contributed by atoms with Crippen molar-refractivity contribution in [2.24, 2.45) is 0 Å². The number of rotatable bonds is 3. The van der Waals surface area contributed by atoms with Gasteiger partial charge < -0.3 is 0 Å². The van der Waals surface area contributed by atoms with E-state index in [0.29, 0.717) is 12.3 Å². The minimum absolute atomic E-state index is 0.607. The van der Waals surface area contributed by atoms with Gasteiger partial charge in [0.15, 0.2) is 0 Å². The highest BCUT2D eigenvalue weighted by atomic mass is 15.9. The summed E-state index contributed by atoms with van der Waals surface area (Å²) < 4.78 is 0. The Morgan fingerprint density at radius 2 is 0.944 bits per heavy atom. The lowest BCUT2D eigenvalue weighted by Gasteiger charge is -2.23. The molecule has 4 unspecified atom stereocenters. The summed E-state index contributed by atoms with van der Waals surface area (Å²) >= 11 is 0. The van der Waals surface area contributed by atoms with Crippen molar-refractivity contribution in [3.63, 3.8) is 0 Å². The van der Waals surface area contributed by atoms with Gasteiger partial charge in [0.1, 0.15) is 12.3 Å². The van der Waals surface area contributed by atoms with Crippen molar-refractivity contribution in [1.82, 2.24) is 20.9 Å². The maximum atomic E-state index is 3.60. The minimum Gasteiger partial charge on any atom is -0.232 e. The molecule has 4 rings (SSSR count). The van der Waals surface area contributed by atoms with Gasteiger partial charge in [-0.2, -0.15) is 0 Å². The van der Waals surface area contributed by atoms with E-state index < -0.39 is 0 Å². The Bertz CT molecular complexity index is 266. The van der Waals surface area contributed by atoms with E-state index in [0.717, 1.165) is 12.1 Å². The number of nitrogens with one attached hydrogen (secondary N) is 2. The second-order valence-electron chi connectivity index (χ2n) is 6.55. The molecule has 4 fully saturated rings. The summed E-state index contributed by atoms with van der Waals surface area (Å²) in [6, 6.07) is 1.64. The van der Waals surface area contributed by atoms with Crippen LogP contribution in [0.5, 0.6) is 0 Å². The lowest BCUT2D eigenvalue weighted by Crippen LogP contribution is -2.28. The zero-order valence-electron chi connectivity index (χ0n) is 11.3. The molecule has 2 N–H and O–H groups in total. The Balaban J connectivity index is 1.27. The molecule has 2 aliphatic carbocycles. The van der Waals surface area contributed by atoms with E-state index >= 15 is 0 Å². The van der Waals surface area contributed by atoms with Crippen LogP contribution in [-0.2, 0) is 0 Å². The fourth-order valence-electron chi connectivity index (χ4n) is 4.07. The SMILES string of the molecule is C1CCC(N2NC2C2NN2C2CCCCC2)CC1. The number of hydrazine groups is 2. The van der Waals surface area contributed by atoms with Crippen molar-refractivity contribution in [1.29, 1.82) is 0 Å². The van der Waals surface area contributed by atoms with Crippen LogP contribution in [0.3, 0.4) is 0 Å². The summed E-state index contributed by atoms with van der Waals surface area (Å²) in [6.07, 6.45) is 15.4. The number of hydrogen-bond acceptors (Lipinski definition) is 4. The molecule has 2 saturated carbocycles. The highest BCUT2D eigenvalue weighted by Gasteiger charge is 2.55. The maximum absolute atomic E-state index is 3.60. The molecule has 4 nitrogen and oxygen atoms in total. The van der Waals surface area contributed by atoms with Crippen LogP contribution in [0.2, 0.25) is 0 Å². The molecule has 0 aromatic heterocycles. The summed E-state index contributed by atoms with van der Waals surface area (Å²) in [4.78, 5) is 0. The average molecular weight is 250 g/mol. The first kappa shape index (κ1) is 11.6. The Hall–Kier alpha value is -0.160. The van der Waals surface area contributed by atoms with Gasteiger partial charge >= 0.3 is 0 Å². The standard InChI is InChI=1S/C14H26N4/c1-3-7-11(8-4-1)17-13(15-17)14-16-18(14)12-9-5-2-6-10-12/h11-16H,1-10H2. The van der Waals surface area contributed by atoms with Crippen molar-refractivity contribution < 1.29 is 0 Å². The molecule has 2 heterocycles. The van der Waals surface area contributed by atoms with E-state index in [4.69, 9.17) is 0 Å². The predicted molar refractivity (Wildman–Crippen MR) is 71.3 cm³/mol. The summed E-state index contributed by atoms with van der Waals surface area (Å²) in [7, 11) is 0. The largest absolute Gasteiger partial charge is 0.232 e. The third-order valence-corrected chi connectivity index (χ3v) is 5.26. The van der Waals surface area contributed by atoms with Crippen LogP contribution < -0.4 is 10.9 Å². The van der Waals surface area contributed by atoms with Gasteiger partial charge in [-0.3, -0.25) is 0 Å². The van der Waals surface area contributed by atoms with Crippen LogP contribution in [-0.4, -0.2) is 34.4 Å². The lowest BCUT2D eigenvalue weighted by molar-refractivity contribution is 0.242. The molecule has 2 saturated heterocycles. The monoisotopic (exact) mass is 250 g/mol. The lowest BCUT2D eigenvalue weighted by atomic mass is 9.95. The third-order valence-electron chi connectivity index (χ3n) is 5.26. The molecular weight excluding hydrogens is 224 g/mol. The minimum atomic E-state index is 0.607. The summed E-state index contributed by atoms with van der Waals surface area (Å²) in [6.45, 7) is 0. The average Bonchev–Trinajstić information content (AvgIpc) is 3.32. The first-order valence-corrected chi connectivity index (χ1v) is 8.02. The Morgan fingerprint density at radius 1 is 0.556 bits per heavy atom. The van der Waals surface area contributed by atoms with Gasteiger partial charge in [-0.15, -0.1) is 0 Å². The fraction of sp³-hybridized carbons (Fsp3) is 1.00. The zero-order chi connectivity index (χ0) is 11.9. The Kier molecular flexibility index (Phi) is 3.07. The molecular formula is C14H26N4. The van der Waals surface area contributed by atoms with E-state index in [9.17, 15) is 0 Å². The van der Waals surface area contributed by atoms with Gasteiger partial charge in [0.25, 0.3) is 0 Å². The van der Waals surface area contributed by atoms with Gasteiger partial charge in [0, 0.05) is 12.1 Å². The normalized spacial score (nSPS) is 46.0. The van der Waals surface area contributed by atoms with Gasteiger partial charge in [0.2, 0.25) is 0 Å². The molecule has 102 valence electrons. The molecule has 0 radical (unpaired) electrons. The van der Waals surface area contributed by atoms with Crippen molar-refractivity contribution in [3.05, 3.63) is 0 Å². The van der Waals surface area contributed by atoms with Crippen molar-refractivity contribution >= 4 is 0 Å². The molecule has 4 aliphatic rings. The van der Waals surface area contributed by atoms with Gasteiger partial charge in [0.05, 0.1) is 0 Å². The van der Waals surface area contributed by atoms with Crippen LogP contribution in [0.25, 0.3) is 0 Å². The van der Waals surface area contributed by atoms with E-state index in [-0.39, 0.29) is 0 Å². The second kappa shape index (κ2) is 4.75. The molecule has 0 aromatic carbocycles. The first-order valence-electron chi connectivity index (χ1n) is 8.02. The number of nitrogens with zero attached hydrogens (tertiary/aromatic N) is 2. The van der Waals surface area contributed by atoms with Gasteiger partial charge in [-0.1, -0.05) is 38.5 Å². The molecule has 4 heteroatoms. The molecule has 0 aromatic rings. The van der Waals surface area contributed by atoms with Crippen LogP contribution in [0.1, 0.15) is 64.2 Å². The first-order chi connectivity index (χ1) is 8.93. The molecule has 2 aliphatic heterocycles. The van der Waals surface area contributed by atoms with Crippen molar-refractivity contribution in [2.45, 2.75) is 88.6 Å². The predicted octanol–water partition coefficient (Wildman–Crippen LogP) is 1.94. The van der Waals surface area contributed by atoms with Gasteiger partial charge in [-0.25, -0.2) is 20.9 Å². The quantitative estimate of drug-likeness (QED) is 0.752. The van der Waals surface area contributed by atoms with Crippen LogP contribution in [0.15, 0.2) is 0 Å². The molecule has 0 amide bonds. The summed E-state index contributed by atoms with van der Waals surface area (Å²) in [5, 5.41) is 5.05. The molecule has 0 spiro atoms. The van der Waals surface area contributed by atoms with Crippen molar-refractivity contribution in [2.75, 3.05) is 0 Å². The summed E-state index contributed by atoms with van der Waals surface area (Å²) in [5.41, 5.74) is 7.20. The van der Waals surface area contributed by atoms with Crippen LogP contribution >= 0.6 is 0 Å². The highest BCUT2D eigenvalue weighted by Crippen LogP contribution is 2.35. The maximum Gasteiger partial charge on any atom is 0.118 e. The highest BCUT2D eigenvalue weighted by molar-refractivity contribution is 5.01. The Labute approximate surface area is 110 Å². The van der Waals surface area contributed by atoms with E-state index in [2.05, 4.69) is 20.9 Å². The van der Waals surface area contributed by atoms with Gasteiger partial charge in [-0.05, 0) is 25.7 Å². The van der Waals surface area contributed by atoms with E-state index in [1.54, 1.807) is 0 Å². The zero-order valence-corrected chi connectivity index (χ0v) is 11.3. The summed E-state index contributed by atoms with van der Waals surface area (Å²) in [5.74, 6) is 0. The Morgan fingerprint density at radius 3 is 1.33 bits per heavy atom. The van der Waals surface area contributed by atoms with E-state index in [1.165, 1.54) is 64.2 Å². The van der Waals surface area contributed by atoms with Crippen LogP contribution in [0, 0.1) is 0 Å². The topological polar surface area (TPSA) is 49.9 Å². The molecule has 0 bridgehead atoms. The second-order valence-corrected chi connectivity index (χ2v) is 6.55. The third kappa shape index (κ3) is 2.20. The van der Waals surface area contributed by atoms with Crippen molar-refractivity contribution in [3.8, 4) is 0 Å².